The molecule has 11 nitrogen and oxygen atoms in total. The van der Waals surface area contributed by atoms with E-state index in [4.69, 9.17) is 10.1 Å². The molecule has 2 amide bonds. The van der Waals surface area contributed by atoms with E-state index in [0.717, 1.165) is 12.8 Å². The molecule has 0 saturated heterocycles. The van der Waals surface area contributed by atoms with E-state index in [-0.39, 0.29) is 24.8 Å². The molecule has 191 valence electrons. The number of nitro groups is 1. The van der Waals surface area contributed by atoms with E-state index in [1.54, 1.807) is 12.0 Å². The number of unbranched alkanes of at least 4 members (excludes halogenated alkanes) is 5. The van der Waals surface area contributed by atoms with Gasteiger partial charge in [-0.1, -0.05) is 58.3 Å². The molecule has 0 unspecified atom stereocenters. The lowest BCUT2D eigenvalue weighted by atomic mass is 10.1. The van der Waals surface area contributed by atoms with E-state index in [0.29, 0.717) is 38.4 Å². The Kier molecular flexibility index (Phi) is 18.7. The van der Waals surface area contributed by atoms with Gasteiger partial charge in [-0.2, -0.15) is 0 Å². The van der Waals surface area contributed by atoms with Crippen LogP contribution >= 0.6 is 0 Å². The summed E-state index contributed by atoms with van der Waals surface area (Å²) in [6.07, 6.45) is 8.69. The van der Waals surface area contributed by atoms with Gasteiger partial charge in [-0.15, -0.1) is 0 Å². The van der Waals surface area contributed by atoms with Gasteiger partial charge in [0.1, 0.15) is 6.04 Å². The highest BCUT2D eigenvalue weighted by Gasteiger charge is 2.20. The van der Waals surface area contributed by atoms with Gasteiger partial charge < -0.3 is 20.7 Å². The van der Waals surface area contributed by atoms with Crippen LogP contribution in [0.5, 0.6) is 0 Å². The standard InChI is InChI=1S/C22H43N6O5/c1-4-5-6-7-8-9-16-33-17-13-20(29)26-19(21(30)24-15-12-18(2)3)11-10-14-25-22(23)27-28(31)32/h15,18-19H,4-14,16-17H2,1-3H3,(H,24,30)(H,26,29)(H3,23,25,27)/t19-/m0/s1. The molecule has 0 fully saturated rings. The van der Waals surface area contributed by atoms with Crippen LogP contribution < -0.4 is 21.4 Å². The minimum absolute atomic E-state index is 0.172. The van der Waals surface area contributed by atoms with Gasteiger partial charge in [0.05, 0.1) is 6.61 Å². The first-order chi connectivity index (χ1) is 15.8. The molecule has 0 aromatic heterocycles. The molecule has 0 rings (SSSR count). The van der Waals surface area contributed by atoms with E-state index in [1.165, 1.54) is 25.7 Å². The molecule has 0 aliphatic rings. The number of carbonyl (C=O) groups excluding carboxylic acids is 2. The van der Waals surface area contributed by atoms with Crippen molar-refractivity contribution in [2.45, 2.75) is 91.0 Å². The highest BCUT2D eigenvalue weighted by atomic mass is 16.7. The van der Waals surface area contributed by atoms with Crippen molar-refractivity contribution in [3.63, 3.8) is 0 Å². The Bertz CT molecular complexity index is 573. The average molecular weight is 472 g/mol. The lowest BCUT2D eigenvalue weighted by molar-refractivity contribution is -0.525. The highest BCUT2D eigenvalue weighted by Crippen LogP contribution is 2.05. The predicted octanol–water partition coefficient (Wildman–Crippen LogP) is 2.65. The molecule has 5 N–H and O–H groups in total. The molecule has 11 heteroatoms. The minimum atomic E-state index is -0.828. The number of amides is 2. The van der Waals surface area contributed by atoms with Crippen LogP contribution in [-0.4, -0.2) is 48.6 Å². The van der Waals surface area contributed by atoms with Gasteiger partial charge in [-0.05, 0) is 31.6 Å². The van der Waals surface area contributed by atoms with E-state index in [2.05, 4.69) is 22.9 Å². The second kappa shape index (κ2) is 20.2. The Labute approximate surface area is 197 Å². The van der Waals surface area contributed by atoms with E-state index in [9.17, 15) is 19.7 Å². The third kappa shape index (κ3) is 19.9. The van der Waals surface area contributed by atoms with Crippen LogP contribution in [0.15, 0.2) is 0 Å². The second-order valence-corrected chi connectivity index (χ2v) is 8.41. The summed E-state index contributed by atoms with van der Waals surface area (Å²) in [4.78, 5) is 35.1. The number of rotatable bonds is 20. The number of guanidine groups is 1. The van der Waals surface area contributed by atoms with E-state index in [1.807, 2.05) is 13.8 Å². The summed E-state index contributed by atoms with van der Waals surface area (Å²) in [6.45, 7) is 9.12. The van der Waals surface area contributed by atoms with Gasteiger partial charge in [0.2, 0.25) is 11.8 Å². The van der Waals surface area contributed by atoms with Crippen molar-refractivity contribution in [3.8, 4) is 0 Å². The Morgan fingerprint density at radius 1 is 1.09 bits per heavy atom. The van der Waals surface area contributed by atoms with E-state index < -0.39 is 17.0 Å². The highest BCUT2D eigenvalue weighted by molar-refractivity contribution is 5.87. The Morgan fingerprint density at radius 2 is 1.79 bits per heavy atom. The molecule has 1 atom stereocenters. The molecule has 0 bridgehead atoms. The lowest BCUT2D eigenvalue weighted by Gasteiger charge is -2.19. The van der Waals surface area contributed by atoms with Gasteiger partial charge >= 0.3 is 0 Å². The fourth-order valence-electron chi connectivity index (χ4n) is 2.93. The number of nitrogens with one attached hydrogen (secondary N) is 5. The van der Waals surface area contributed by atoms with Crippen molar-refractivity contribution in [2.24, 2.45) is 5.92 Å². The smallest absolute Gasteiger partial charge is 0.251 e. The molecular formula is C22H43N6O5. The topological polar surface area (TPSA) is 158 Å². The fraction of sp³-hybridized carbons (Fsp3) is 0.818. The maximum absolute atomic E-state index is 12.5. The van der Waals surface area contributed by atoms with Crippen LogP contribution in [0.25, 0.3) is 0 Å². The van der Waals surface area contributed by atoms with Crippen LogP contribution in [0.2, 0.25) is 0 Å². The van der Waals surface area contributed by atoms with Crippen LogP contribution in [0, 0.1) is 28.0 Å². The zero-order valence-corrected chi connectivity index (χ0v) is 20.4. The first kappa shape index (κ1) is 30.6. The first-order valence-corrected chi connectivity index (χ1v) is 12.0. The number of hydrogen-bond acceptors (Lipinski definition) is 6. The number of hydrogen-bond donors (Lipinski definition) is 5. The van der Waals surface area contributed by atoms with Crippen LogP contribution in [0.4, 0.5) is 0 Å². The van der Waals surface area contributed by atoms with E-state index >= 15 is 0 Å². The third-order valence-electron chi connectivity index (χ3n) is 4.78. The van der Waals surface area contributed by atoms with Crippen molar-refractivity contribution < 1.29 is 19.4 Å². The normalized spacial score (nSPS) is 11.6. The van der Waals surface area contributed by atoms with Crippen LogP contribution in [-0.2, 0) is 14.3 Å². The molecule has 0 aliphatic carbocycles. The summed E-state index contributed by atoms with van der Waals surface area (Å²) in [7, 11) is 0. The number of ether oxygens (including phenoxy) is 1. The summed E-state index contributed by atoms with van der Waals surface area (Å²) >= 11 is 0. The Balaban J connectivity index is 4.31. The predicted molar refractivity (Wildman–Crippen MR) is 128 cm³/mol. The average Bonchev–Trinajstić information content (AvgIpc) is 2.73. The minimum Gasteiger partial charge on any atom is -0.381 e. The summed E-state index contributed by atoms with van der Waals surface area (Å²) < 4.78 is 5.54. The quantitative estimate of drug-likeness (QED) is 0.0600. The van der Waals surface area contributed by atoms with Crippen molar-refractivity contribution in [2.75, 3.05) is 19.8 Å². The third-order valence-corrected chi connectivity index (χ3v) is 4.78. The van der Waals surface area contributed by atoms with Crippen LogP contribution in [0.3, 0.4) is 0 Å². The summed E-state index contributed by atoms with van der Waals surface area (Å²) in [6, 6.07) is -0.737. The maximum Gasteiger partial charge on any atom is 0.251 e. The molecule has 0 aliphatic heterocycles. The van der Waals surface area contributed by atoms with Crippen molar-refractivity contribution in [3.05, 3.63) is 16.7 Å². The Morgan fingerprint density at radius 3 is 2.45 bits per heavy atom. The second-order valence-electron chi connectivity index (χ2n) is 8.41. The molecule has 0 aromatic rings. The largest absolute Gasteiger partial charge is 0.381 e. The van der Waals surface area contributed by atoms with Crippen LogP contribution in [0.1, 0.15) is 85.0 Å². The zero-order chi connectivity index (χ0) is 24.9. The lowest BCUT2D eigenvalue weighted by Crippen LogP contribution is -2.47. The maximum atomic E-state index is 12.5. The first-order valence-electron chi connectivity index (χ1n) is 12.0. The molecule has 0 heterocycles. The van der Waals surface area contributed by atoms with Crippen molar-refractivity contribution >= 4 is 17.8 Å². The molecular weight excluding hydrogens is 428 g/mol. The van der Waals surface area contributed by atoms with Gasteiger partial charge in [0.15, 0.2) is 5.03 Å². The molecule has 0 saturated carbocycles. The molecule has 33 heavy (non-hydrogen) atoms. The summed E-state index contributed by atoms with van der Waals surface area (Å²) in [5.41, 5.74) is 1.70. The fourth-order valence-corrected chi connectivity index (χ4v) is 2.93. The van der Waals surface area contributed by atoms with Gasteiger partial charge in [0.25, 0.3) is 5.96 Å². The van der Waals surface area contributed by atoms with Crippen molar-refractivity contribution in [1.82, 2.24) is 21.4 Å². The summed E-state index contributed by atoms with van der Waals surface area (Å²) in [5, 5.41) is 24.9. The molecule has 1 radical (unpaired) electrons. The molecule has 0 aromatic carbocycles. The number of carbonyl (C=O) groups is 2. The monoisotopic (exact) mass is 471 g/mol. The number of hydrazine groups is 1. The zero-order valence-electron chi connectivity index (χ0n) is 20.4. The van der Waals surface area contributed by atoms with Gasteiger partial charge in [-0.25, -0.2) is 10.1 Å². The number of nitrogens with zero attached hydrogens (tertiary/aromatic N) is 1. The Hall–Kier alpha value is -2.43. The molecule has 0 spiro atoms. The van der Waals surface area contributed by atoms with Crippen molar-refractivity contribution in [1.29, 1.82) is 5.41 Å². The summed E-state index contributed by atoms with van der Waals surface area (Å²) in [5.74, 6) is -0.613. The van der Waals surface area contributed by atoms with Gasteiger partial charge in [-0.3, -0.25) is 15.0 Å². The SMILES string of the molecule is CCCCCCCCOCCC(=O)N[C@@H](CCCNC(=N)N[N+](=O)[O-])C(=O)N[CH]CC(C)C. The van der Waals surface area contributed by atoms with Gasteiger partial charge in [0, 0.05) is 26.1 Å².